The number of methoxy groups -OCH3 is 1. The van der Waals surface area contributed by atoms with Gasteiger partial charge in [0.05, 0.1) is 17.7 Å². The van der Waals surface area contributed by atoms with Gasteiger partial charge in [-0.05, 0) is 12.8 Å². The summed E-state index contributed by atoms with van der Waals surface area (Å²) in [5.74, 6) is 0. The van der Waals surface area contributed by atoms with Gasteiger partial charge in [-0.1, -0.05) is 60.7 Å². The van der Waals surface area contributed by atoms with Crippen molar-refractivity contribution in [2.45, 2.75) is 19.4 Å². The summed E-state index contributed by atoms with van der Waals surface area (Å²) in [7, 11) is 1.72. The Kier molecular flexibility index (Phi) is 6.99. The molecule has 3 aromatic rings. The average Bonchev–Trinajstić information content (AvgIpc) is 3.12. The first-order valence-corrected chi connectivity index (χ1v) is 9.13. The van der Waals surface area contributed by atoms with E-state index in [9.17, 15) is 0 Å². The number of aryl methyl sites for hydroxylation is 1. The highest BCUT2D eigenvalue weighted by Gasteiger charge is 2.14. The van der Waals surface area contributed by atoms with Crippen molar-refractivity contribution in [2.24, 2.45) is 0 Å². The highest BCUT2D eigenvalue weighted by atomic mass is 16.5. The van der Waals surface area contributed by atoms with Crippen LogP contribution in [0.25, 0.3) is 22.5 Å². The predicted octanol–water partition coefficient (Wildman–Crippen LogP) is 4.66. The zero-order chi connectivity index (χ0) is 18.0. The van der Waals surface area contributed by atoms with Crippen LogP contribution in [0, 0.1) is 0 Å². The van der Waals surface area contributed by atoms with Crippen LogP contribution in [0.4, 0.5) is 0 Å². The molecule has 0 N–H and O–H groups in total. The van der Waals surface area contributed by atoms with E-state index in [1.165, 1.54) is 5.56 Å². The van der Waals surface area contributed by atoms with Crippen molar-refractivity contribution >= 4 is 0 Å². The van der Waals surface area contributed by atoms with Crippen LogP contribution in [-0.2, 0) is 16.0 Å². The number of aromatic nitrogens is 2. The average molecular weight is 350 g/mol. The van der Waals surface area contributed by atoms with Crippen LogP contribution in [0.5, 0.6) is 0 Å². The van der Waals surface area contributed by atoms with Crippen molar-refractivity contribution in [3.8, 4) is 22.5 Å². The second kappa shape index (κ2) is 9.90. The second-order valence-corrected chi connectivity index (χ2v) is 6.18. The highest BCUT2D eigenvalue weighted by Crippen LogP contribution is 2.31. The topological polar surface area (TPSA) is 36.3 Å². The van der Waals surface area contributed by atoms with Gasteiger partial charge in [-0.3, -0.25) is 0 Å². The number of hydrogen-bond donors (Lipinski definition) is 0. The molecule has 0 bridgehead atoms. The van der Waals surface area contributed by atoms with E-state index < -0.39 is 0 Å². The summed E-state index contributed by atoms with van der Waals surface area (Å²) in [4.78, 5) is 4.71. The smallest absolute Gasteiger partial charge is 0.0963 e. The maximum absolute atomic E-state index is 5.68. The monoisotopic (exact) mass is 350 g/mol. The molecule has 0 unspecified atom stereocenters. The lowest BCUT2D eigenvalue weighted by atomic mass is 10.0. The lowest BCUT2D eigenvalue weighted by Gasteiger charge is -2.11. The summed E-state index contributed by atoms with van der Waals surface area (Å²) >= 11 is 0. The summed E-state index contributed by atoms with van der Waals surface area (Å²) in [5, 5.41) is 0. The molecule has 0 amide bonds. The molecule has 4 heteroatoms. The van der Waals surface area contributed by atoms with Crippen molar-refractivity contribution in [1.82, 2.24) is 9.55 Å². The first-order valence-electron chi connectivity index (χ1n) is 9.13. The van der Waals surface area contributed by atoms with Crippen LogP contribution in [0.1, 0.15) is 12.8 Å². The molecule has 0 aliphatic heterocycles. The van der Waals surface area contributed by atoms with Crippen LogP contribution >= 0.6 is 0 Å². The molecule has 4 nitrogen and oxygen atoms in total. The lowest BCUT2D eigenvalue weighted by molar-refractivity contribution is 0.0994. The molecular weight excluding hydrogens is 324 g/mol. The molecule has 0 spiro atoms. The van der Waals surface area contributed by atoms with Gasteiger partial charge in [0.25, 0.3) is 0 Å². The molecule has 0 radical (unpaired) electrons. The highest BCUT2D eigenvalue weighted by molar-refractivity contribution is 5.78. The molecule has 0 saturated carbocycles. The molecule has 0 fully saturated rings. The van der Waals surface area contributed by atoms with Gasteiger partial charge in [0, 0.05) is 44.6 Å². The van der Waals surface area contributed by atoms with Crippen LogP contribution in [0.15, 0.2) is 67.0 Å². The summed E-state index contributed by atoms with van der Waals surface area (Å²) in [6.07, 6.45) is 3.84. The summed E-state index contributed by atoms with van der Waals surface area (Å²) in [6, 6.07) is 20.8. The Morgan fingerprint density at radius 3 is 2.15 bits per heavy atom. The number of nitrogens with zero attached hydrogens (tertiary/aromatic N) is 2. The van der Waals surface area contributed by atoms with E-state index in [1.807, 2.05) is 18.5 Å². The third kappa shape index (κ3) is 4.81. The number of imidazole rings is 1. The van der Waals surface area contributed by atoms with Crippen molar-refractivity contribution < 1.29 is 9.47 Å². The number of benzene rings is 2. The Bertz CT molecular complexity index is 769. The minimum absolute atomic E-state index is 0.747. The Labute approximate surface area is 155 Å². The minimum atomic E-state index is 0.747. The molecule has 1 heterocycles. The molecule has 0 aliphatic rings. The molecular formula is C22H26N2O2. The van der Waals surface area contributed by atoms with Crippen LogP contribution in [0.2, 0.25) is 0 Å². The third-order valence-electron chi connectivity index (χ3n) is 4.26. The van der Waals surface area contributed by atoms with Gasteiger partial charge in [-0.15, -0.1) is 0 Å². The normalized spacial score (nSPS) is 11.0. The first-order chi connectivity index (χ1) is 12.9. The minimum Gasteiger partial charge on any atom is -0.385 e. The molecule has 0 saturated heterocycles. The summed E-state index contributed by atoms with van der Waals surface area (Å²) < 4.78 is 12.9. The van der Waals surface area contributed by atoms with Gasteiger partial charge in [0.2, 0.25) is 0 Å². The maximum atomic E-state index is 5.68. The zero-order valence-corrected chi connectivity index (χ0v) is 15.3. The Balaban J connectivity index is 1.73. The van der Waals surface area contributed by atoms with Crippen molar-refractivity contribution in [2.75, 3.05) is 26.9 Å². The van der Waals surface area contributed by atoms with E-state index in [0.29, 0.717) is 0 Å². The van der Waals surface area contributed by atoms with Gasteiger partial charge in [-0.2, -0.15) is 0 Å². The largest absolute Gasteiger partial charge is 0.385 e. The quantitative estimate of drug-likeness (QED) is 0.499. The molecule has 3 rings (SSSR count). The fourth-order valence-electron chi connectivity index (χ4n) is 3.00. The van der Waals surface area contributed by atoms with E-state index in [-0.39, 0.29) is 0 Å². The molecule has 0 atom stereocenters. The van der Waals surface area contributed by atoms with Crippen molar-refractivity contribution in [3.05, 3.63) is 67.0 Å². The molecule has 136 valence electrons. The van der Waals surface area contributed by atoms with Crippen LogP contribution < -0.4 is 0 Å². The van der Waals surface area contributed by atoms with Crippen molar-refractivity contribution in [3.63, 3.8) is 0 Å². The SMILES string of the molecule is COCCCOCCCn1cnc(-c2ccccc2)c1-c1ccccc1. The fourth-order valence-corrected chi connectivity index (χ4v) is 3.00. The Morgan fingerprint density at radius 1 is 0.808 bits per heavy atom. The number of ether oxygens (including phenoxy) is 2. The predicted molar refractivity (Wildman–Crippen MR) is 105 cm³/mol. The molecule has 0 aliphatic carbocycles. The summed E-state index contributed by atoms with van der Waals surface area (Å²) in [5.41, 5.74) is 4.51. The molecule has 2 aromatic carbocycles. The van der Waals surface area contributed by atoms with E-state index in [0.717, 1.165) is 56.2 Å². The van der Waals surface area contributed by atoms with E-state index in [2.05, 4.69) is 53.1 Å². The van der Waals surface area contributed by atoms with Gasteiger partial charge in [-0.25, -0.2) is 4.98 Å². The maximum Gasteiger partial charge on any atom is 0.0963 e. The standard InChI is InChI=1S/C22H26N2O2/c1-25-15-9-17-26-16-8-14-24-18-23-21(19-10-4-2-5-11-19)22(24)20-12-6-3-7-13-20/h2-7,10-13,18H,8-9,14-17H2,1H3. The van der Waals surface area contributed by atoms with E-state index >= 15 is 0 Å². The van der Waals surface area contributed by atoms with Gasteiger partial charge in [0.1, 0.15) is 0 Å². The van der Waals surface area contributed by atoms with Crippen LogP contribution in [-0.4, -0.2) is 36.5 Å². The molecule has 26 heavy (non-hydrogen) atoms. The summed E-state index contributed by atoms with van der Waals surface area (Å²) in [6.45, 7) is 3.13. The van der Waals surface area contributed by atoms with Gasteiger partial charge in [0.15, 0.2) is 0 Å². The fraction of sp³-hybridized carbons (Fsp3) is 0.318. The van der Waals surface area contributed by atoms with Gasteiger partial charge < -0.3 is 14.0 Å². The second-order valence-electron chi connectivity index (χ2n) is 6.18. The van der Waals surface area contributed by atoms with Gasteiger partial charge >= 0.3 is 0 Å². The van der Waals surface area contributed by atoms with Crippen LogP contribution in [0.3, 0.4) is 0 Å². The Morgan fingerprint density at radius 2 is 1.46 bits per heavy atom. The zero-order valence-electron chi connectivity index (χ0n) is 15.3. The third-order valence-corrected chi connectivity index (χ3v) is 4.26. The lowest BCUT2D eigenvalue weighted by Crippen LogP contribution is -2.05. The Hall–Kier alpha value is -2.43. The van der Waals surface area contributed by atoms with Crippen molar-refractivity contribution in [1.29, 1.82) is 0 Å². The number of rotatable bonds is 10. The molecule has 1 aromatic heterocycles. The number of hydrogen-bond acceptors (Lipinski definition) is 3. The first kappa shape index (κ1) is 18.4. The van der Waals surface area contributed by atoms with E-state index in [4.69, 9.17) is 14.5 Å². The van der Waals surface area contributed by atoms with E-state index in [1.54, 1.807) is 7.11 Å².